The van der Waals surface area contributed by atoms with Crippen molar-refractivity contribution < 1.29 is 9.59 Å². The van der Waals surface area contributed by atoms with E-state index in [0.717, 1.165) is 0 Å². The van der Waals surface area contributed by atoms with E-state index in [-0.39, 0.29) is 18.5 Å². The molecule has 0 saturated carbocycles. The lowest BCUT2D eigenvalue weighted by atomic mass is 10.2. The molecule has 102 valence electrons. The van der Waals surface area contributed by atoms with Crippen molar-refractivity contribution in [2.45, 2.75) is 0 Å². The van der Waals surface area contributed by atoms with E-state index in [1.54, 1.807) is 30.1 Å². The first-order valence-corrected chi connectivity index (χ1v) is 6.20. The van der Waals surface area contributed by atoms with Crippen molar-refractivity contribution in [2.24, 2.45) is 0 Å². The van der Waals surface area contributed by atoms with Crippen molar-refractivity contribution >= 4 is 34.9 Å². The van der Waals surface area contributed by atoms with Gasteiger partial charge < -0.3 is 20.9 Å². The zero-order valence-electron chi connectivity index (χ0n) is 10.5. The van der Waals surface area contributed by atoms with Crippen LogP contribution in [0.25, 0.3) is 0 Å². The minimum absolute atomic E-state index is 0.0191. The minimum atomic E-state index is -0.280. The van der Waals surface area contributed by atoms with Gasteiger partial charge in [-0.2, -0.15) is 0 Å². The van der Waals surface area contributed by atoms with E-state index in [2.05, 4.69) is 5.32 Å². The number of hydrogen-bond acceptors (Lipinski definition) is 3. The van der Waals surface area contributed by atoms with Crippen LogP contribution in [0.5, 0.6) is 0 Å². The van der Waals surface area contributed by atoms with Crippen molar-refractivity contribution in [3.05, 3.63) is 23.2 Å². The van der Waals surface area contributed by atoms with Gasteiger partial charge in [0.25, 0.3) is 0 Å². The van der Waals surface area contributed by atoms with Crippen LogP contribution in [0.15, 0.2) is 18.2 Å². The largest absolute Gasteiger partial charge is 0.397 e. The molecule has 1 aromatic rings. The fraction of sp³-hybridized carbons (Fsp3) is 0.333. The molecule has 6 nitrogen and oxygen atoms in total. The third-order valence-corrected chi connectivity index (χ3v) is 3.16. The van der Waals surface area contributed by atoms with Gasteiger partial charge in [-0.15, -0.1) is 0 Å². The van der Waals surface area contributed by atoms with Gasteiger partial charge in [0.15, 0.2) is 0 Å². The van der Waals surface area contributed by atoms with E-state index >= 15 is 0 Å². The number of rotatable bonds is 3. The molecule has 0 spiro atoms. The number of carbonyl (C=O) groups excluding carboxylic acids is 2. The van der Waals surface area contributed by atoms with Crippen LogP contribution in [-0.2, 0) is 4.79 Å². The monoisotopic (exact) mass is 282 g/mol. The Kier molecular flexibility index (Phi) is 3.80. The van der Waals surface area contributed by atoms with E-state index in [1.807, 2.05) is 0 Å². The zero-order chi connectivity index (χ0) is 14.0. The van der Waals surface area contributed by atoms with E-state index in [9.17, 15) is 9.59 Å². The number of benzene rings is 1. The molecule has 1 fully saturated rings. The Morgan fingerprint density at radius 1 is 1.47 bits per heavy atom. The molecule has 2 rings (SSSR count). The molecule has 1 saturated heterocycles. The molecule has 7 heteroatoms. The molecule has 1 heterocycles. The van der Waals surface area contributed by atoms with Crippen molar-refractivity contribution in [1.29, 1.82) is 0 Å². The predicted octanol–water partition coefficient (Wildman–Crippen LogP) is 1.23. The summed E-state index contributed by atoms with van der Waals surface area (Å²) >= 11 is 5.78. The number of nitrogens with zero attached hydrogens (tertiary/aromatic N) is 2. The summed E-state index contributed by atoms with van der Waals surface area (Å²) in [4.78, 5) is 26.5. The molecule has 0 unspecified atom stereocenters. The first-order chi connectivity index (χ1) is 8.97. The van der Waals surface area contributed by atoms with Crippen LogP contribution in [0.4, 0.5) is 16.2 Å². The highest BCUT2D eigenvalue weighted by molar-refractivity contribution is 6.31. The van der Waals surface area contributed by atoms with Gasteiger partial charge in [0.05, 0.1) is 11.4 Å². The van der Waals surface area contributed by atoms with E-state index in [0.29, 0.717) is 29.5 Å². The molecule has 3 amide bonds. The summed E-state index contributed by atoms with van der Waals surface area (Å²) in [6.45, 7) is 1.21. The molecule has 1 aromatic carbocycles. The number of carbonyl (C=O) groups is 2. The average molecular weight is 283 g/mol. The highest BCUT2D eigenvalue weighted by atomic mass is 35.5. The summed E-state index contributed by atoms with van der Waals surface area (Å²) in [5.41, 5.74) is 6.63. The van der Waals surface area contributed by atoms with Crippen LogP contribution in [-0.4, -0.2) is 48.4 Å². The topological polar surface area (TPSA) is 78.7 Å². The number of likely N-dealkylation sites (N-methyl/N-ethyl adjacent to an activating group) is 1. The number of nitrogens with two attached hydrogens (primary N) is 1. The Morgan fingerprint density at radius 3 is 2.79 bits per heavy atom. The van der Waals surface area contributed by atoms with Gasteiger partial charge in [-0.25, -0.2) is 4.79 Å². The van der Waals surface area contributed by atoms with E-state index < -0.39 is 0 Å². The number of nitrogens with one attached hydrogen (secondary N) is 1. The Balaban J connectivity index is 1.96. The standard InChI is InChI=1S/C12H15ClN4O2/c1-16-4-5-17(12(16)19)7-11(18)15-10-3-2-8(13)6-9(10)14/h2-3,6H,4-5,7,14H2,1H3,(H,15,18). The SMILES string of the molecule is CN1CCN(CC(=O)Nc2ccc(Cl)cc2N)C1=O. The van der Waals surface area contributed by atoms with Crippen molar-refractivity contribution in [3.63, 3.8) is 0 Å². The highest BCUT2D eigenvalue weighted by Crippen LogP contribution is 2.22. The smallest absolute Gasteiger partial charge is 0.320 e. The number of halogens is 1. The van der Waals surface area contributed by atoms with Crippen LogP contribution in [0.2, 0.25) is 5.02 Å². The number of hydrogen-bond donors (Lipinski definition) is 2. The Hall–Kier alpha value is -1.95. The maximum atomic E-state index is 11.8. The van der Waals surface area contributed by atoms with E-state index in [1.165, 1.54) is 4.90 Å². The molecule has 1 aliphatic rings. The lowest BCUT2D eigenvalue weighted by Gasteiger charge is -2.16. The van der Waals surface area contributed by atoms with Gasteiger partial charge in [-0.3, -0.25) is 4.79 Å². The molecule has 19 heavy (non-hydrogen) atoms. The van der Waals surface area contributed by atoms with Gasteiger partial charge in [0.1, 0.15) is 6.54 Å². The molecule has 0 aliphatic carbocycles. The summed E-state index contributed by atoms with van der Waals surface area (Å²) in [5.74, 6) is -0.280. The molecule has 3 N–H and O–H groups in total. The molecule has 0 aromatic heterocycles. The fourth-order valence-corrected chi connectivity index (χ4v) is 2.04. The van der Waals surface area contributed by atoms with Gasteiger partial charge in [0, 0.05) is 25.2 Å². The Labute approximate surface area is 116 Å². The van der Waals surface area contributed by atoms with Crippen molar-refractivity contribution in [2.75, 3.05) is 37.7 Å². The predicted molar refractivity (Wildman–Crippen MR) is 74.1 cm³/mol. The van der Waals surface area contributed by atoms with Crippen LogP contribution >= 0.6 is 11.6 Å². The normalized spacial score (nSPS) is 14.9. The second-order valence-electron chi connectivity index (χ2n) is 4.41. The quantitative estimate of drug-likeness (QED) is 0.819. The molecular weight excluding hydrogens is 268 g/mol. The lowest BCUT2D eigenvalue weighted by Crippen LogP contribution is -2.36. The van der Waals surface area contributed by atoms with Crippen molar-refractivity contribution in [1.82, 2.24) is 9.80 Å². The summed E-state index contributed by atoms with van der Waals surface area (Å²) in [5, 5.41) is 3.17. The van der Waals surface area contributed by atoms with Crippen LogP contribution < -0.4 is 11.1 Å². The zero-order valence-corrected chi connectivity index (χ0v) is 11.3. The molecule has 1 aliphatic heterocycles. The third kappa shape index (κ3) is 3.08. The van der Waals surface area contributed by atoms with Gasteiger partial charge in [-0.1, -0.05) is 11.6 Å². The van der Waals surface area contributed by atoms with Crippen molar-refractivity contribution in [3.8, 4) is 0 Å². The Bertz CT molecular complexity index is 520. The Morgan fingerprint density at radius 2 is 2.21 bits per heavy atom. The maximum Gasteiger partial charge on any atom is 0.320 e. The fourth-order valence-electron chi connectivity index (χ4n) is 1.86. The maximum absolute atomic E-state index is 11.8. The van der Waals surface area contributed by atoms with Crippen LogP contribution in [0.1, 0.15) is 0 Å². The molecule has 0 bridgehead atoms. The van der Waals surface area contributed by atoms with Crippen LogP contribution in [0, 0.1) is 0 Å². The molecule has 0 radical (unpaired) electrons. The summed E-state index contributed by atoms with van der Waals surface area (Å²) in [7, 11) is 1.71. The second-order valence-corrected chi connectivity index (χ2v) is 4.84. The average Bonchev–Trinajstić information content (AvgIpc) is 2.65. The first kappa shape index (κ1) is 13.5. The highest BCUT2D eigenvalue weighted by Gasteiger charge is 2.26. The number of urea groups is 1. The van der Waals surface area contributed by atoms with Gasteiger partial charge >= 0.3 is 6.03 Å². The number of anilines is 2. The minimum Gasteiger partial charge on any atom is -0.397 e. The number of nitrogen functional groups attached to an aromatic ring is 1. The lowest BCUT2D eigenvalue weighted by molar-refractivity contribution is -0.116. The first-order valence-electron chi connectivity index (χ1n) is 5.82. The van der Waals surface area contributed by atoms with Crippen LogP contribution in [0.3, 0.4) is 0 Å². The van der Waals surface area contributed by atoms with Gasteiger partial charge in [0.2, 0.25) is 5.91 Å². The van der Waals surface area contributed by atoms with E-state index in [4.69, 9.17) is 17.3 Å². The second kappa shape index (κ2) is 5.36. The summed E-state index contributed by atoms with van der Waals surface area (Å²) < 4.78 is 0. The van der Waals surface area contributed by atoms with Gasteiger partial charge in [-0.05, 0) is 18.2 Å². The number of amides is 3. The summed E-state index contributed by atoms with van der Waals surface area (Å²) in [6.07, 6.45) is 0. The summed E-state index contributed by atoms with van der Waals surface area (Å²) in [6, 6.07) is 4.70. The molecular formula is C12H15ClN4O2. The third-order valence-electron chi connectivity index (χ3n) is 2.92. The molecule has 0 atom stereocenters.